The molecule has 0 bridgehead atoms. The molecule has 0 aromatic heterocycles. The zero-order valence-electron chi connectivity index (χ0n) is 15.6. The van der Waals surface area contributed by atoms with Crippen molar-refractivity contribution in [3.63, 3.8) is 0 Å². The molecular formula is C22H23ClN2O. The number of nitrogens with one attached hydrogen (secondary N) is 1. The summed E-state index contributed by atoms with van der Waals surface area (Å²) in [5.74, 6) is 0.0392. The topological polar surface area (TPSA) is 32.3 Å². The molecule has 3 aromatic rings. The van der Waals surface area contributed by atoms with E-state index in [1.165, 1.54) is 0 Å². The molecule has 0 unspecified atom stereocenters. The van der Waals surface area contributed by atoms with Gasteiger partial charge in [-0.2, -0.15) is 0 Å². The van der Waals surface area contributed by atoms with Gasteiger partial charge in [-0.15, -0.1) is 0 Å². The molecule has 0 aliphatic heterocycles. The van der Waals surface area contributed by atoms with Gasteiger partial charge in [0.05, 0.1) is 0 Å². The molecule has 0 saturated heterocycles. The Morgan fingerprint density at radius 1 is 1.04 bits per heavy atom. The van der Waals surface area contributed by atoms with Gasteiger partial charge in [-0.05, 0) is 61.5 Å². The number of halogens is 1. The first-order valence-electron chi connectivity index (χ1n) is 8.73. The molecule has 0 atom stereocenters. The first-order chi connectivity index (χ1) is 12.4. The summed E-state index contributed by atoms with van der Waals surface area (Å²) >= 11 is 6.15. The smallest absolute Gasteiger partial charge is 0.254 e. The van der Waals surface area contributed by atoms with Crippen LogP contribution in [0, 0.1) is 13.8 Å². The van der Waals surface area contributed by atoms with Crippen molar-refractivity contribution in [3.8, 4) is 0 Å². The maximum Gasteiger partial charge on any atom is 0.254 e. The molecule has 26 heavy (non-hydrogen) atoms. The number of carbonyl (C=O) groups excluding carboxylic acids is 1. The van der Waals surface area contributed by atoms with Crippen LogP contribution in [0.3, 0.4) is 0 Å². The van der Waals surface area contributed by atoms with Crippen molar-refractivity contribution in [1.29, 1.82) is 0 Å². The van der Waals surface area contributed by atoms with E-state index >= 15 is 0 Å². The van der Waals surface area contributed by atoms with Gasteiger partial charge in [0.15, 0.2) is 0 Å². The van der Waals surface area contributed by atoms with Crippen LogP contribution in [0.15, 0.2) is 48.5 Å². The van der Waals surface area contributed by atoms with Crippen molar-refractivity contribution in [2.45, 2.75) is 20.8 Å². The highest BCUT2D eigenvalue weighted by Gasteiger charge is 2.17. The lowest BCUT2D eigenvalue weighted by atomic mass is 9.97. The van der Waals surface area contributed by atoms with Gasteiger partial charge in [-0.3, -0.25) is 4.79 Å². The van der Waals surface area contributed by atoms with E-state index in [0.717, 1.165) is 38.8 Å². The van der Waals surface area contributed by atoms with Gasteiger partial charge in [0.1, 0.15) is 0 Å². The van der Waals surface area contributed by atoms with Crippen LogP contribution in [-0.2, 0) is 0 Å². The molecule has 134 valence electrons. The minimum atomic E-state index is 0.0392. The van der Waals surface area contributed by atoms with Crippen LogP contribution in [0.1, 0.15) is 28.4 Å². The zero-order chi connectivity index (χ0) is 18.8. The highest BCUT2D eigenvalue weighted by Crippen LogP contribution is 2.33. The Labute approximate surface area is 159 Å². The number of aryl methyl sites for hydroxylation is 2. The molecule has 1 amide bonds. The van der Waals surface area contributed by atoms with Gasteiger partial charge in [0, 0.05) is 40.9 Å². The molecule has 0 saturated carbocycles. The van der Waals surface area contributed by atoms with E-state index < -0.39 is 0 Å². The number of benzene rings is 3. The summed E-state index contributed by atoms with van der Waals surface area (Å²) in [4.78, 5) is 14.5. The standard InChI is InChI=1S/C22H23ClN2O/c1-5-25(4)22(26)18-11-12-19(17-8-6-7-15(3)21(17)18)24-20-13-16(23)10-9-14(20)2/h6-13,24H,5H2,1-4H3. The molecule has 0 heterocycles. The molecule has 3 aromatic carbocycles. The van der Waals surface area contributed by atoms with E-state index in [-0.39, 0.29) is 5.91 Å². The highest BCUT2D eigenvalue weighted by atomic mass is 35.5. The lowest BCUT2D eigenvalue weighted by molar-refractivity contribution is 0.0804. The number of amides is 1. The van der Waals surface area contributed by atoms with Crippen molar-refractivity contribution >= 4 is 39.7 Å². The van der Waals surface area contributed by atoms with Crippen molar-refractivity contribution in [3.05, 3.63) is 70.2 Å². The molecule has 0 aliphatic carbocycles. The summed E-state index contributed by atoms with van der Waals surface area (Å²) in [6.07, 6.45) is 0. The van der Waals surface area contributed by atoms with Gasteiger partial charge < -0.3 is 10.2 Å². The molecule has 1 N–H and O–H groups in total. The predicted molar refractivity (Wildman–Crippen MR) is 111 cm³/mol. The number of anilines is 2. The van der Waals surface area contributed by atoms with Crippen LogP contribution in [0.25, 0.3) is 10.8 Å². The van der Waals surface area contributed by atoms with Gasteiger partial charge in [0.25, 0.3) is 5.91 Å². The summed E-state index contributed by atoms with van der Waals surface area (Å²) < 4.78 is 0. The summed E-state index contributed by atoms with van der Waals surface area (Å²) in [5.41, 5.74) is 4.86. The Balaban J connectivity index is 2.16. The molecule has 0 spiro atoms. The summed E-state index contributed by atoms with van der Waals surface area (Å²) in [6.45, 7) is 6.73. The van der Waals surface area contributed by atoms with Crippen molar-refractivity contribution < 1.29 is 4.79 Å². The van der Waals surface area contributed by atoms with E-state index in [0.29, 0.717) is 11.6 Å². The average Bonchev–Trinajstić information content (AvgIpc) is 2.64. The van der Waals surface area contributed by atoms with Crippen molar-refractivity contribution in [2.24, 2.45) is 0 Å². The minimum absolute atomic E-state index is 0.0392. The molecule has 0 aliphatic rings. The fourth-order valence-corrected chi connectivity index (χ4v) is 3.27. The SMILES string of the molecule is CCN(C)C(=O)c1ccc(Nc2cc(Cl)ccc2C)c2cccc(C)c12. The Kier molecular flexibility index (Phi) is 5.19. The first-order valence-corrected chi connectivity index (χ1v) is 9.11. The fraction of sp³-hybridized carbons (Fsp3) is 0.227. The van der Waals surface area contributed by atoms with Gasteiger partial charge >= 0.3 is 0 Å². The maximum atomic E-state index is 12.8. The minimum Gasteiger partial charge on any atom is -0.355 e. The number of fused-ring (bicyclic) bond motifs is 1. The van der Waals surface area contributed by atoms with Crippen LogP contribution in [-0.4, -0.2) is 24.4 Å². The molecule has 3 rings (SSSR count). The molecular weight excluding hydrogens is 344 g/mol. The monoisotopic (exact) mass is 366 g/mol. The Bertz CT molecular complexity index is 981. The normalized spacial score (nSPS) is 10.8. The Hall–Kier alpha value is -2.52. The lowest BCUT2D eigenvalue weighted by Crippen LogP contribution is -2.26. The van der Waals surface area contributed by atoms with Crippen LogP contribution in [0.2, 0.25) is 5.02 Å². The van der Waals surface area contributed by atoms with E-state index in [9.17, 15) is 4.79 Å². The van der Waals surface area contributed by atoms with Crippen LogP contribution >= 0.6 is 11.6 Å². The van der Waals surface area contributed by atoms with Crippen LogP contribution in [0.4, 0.5) is 11.4 Å². The third kappa shape index (κ3) is 3.40. The summed E-state index contributed by atoms with van der Waals surface area (Å²) in [5, 5.41) is 6.19. The first kappa shape index (κ1) is 18.3. The number of rotatable bonds is 4. The molecule has 0 fully saturated rings. The number of hydrogen-bond acceptors (Lipinski definition) is 2. The second-order valence-electron chi connectivity index (χ2n) is 6.56. The number of nitrogens with zero attached hydrogens (tertiary/aromatic N) is 1. The summed E-state index contributed by atoms with van der Waals surface area (Å²) in [7, 11) is 1.83. The van der Waals surface area contributed by atoms with E-state index in [1.54, 1.807) is 4.90 Å². The van der Waals surface area contributed by atoms with Gasteiger partial charge in [0.2, 0.25) is 0 Å². The second-order valence-corrected chi connectivity index (χ2v) is 7.00. The lowest BCUT2D eigenvalue weighted by Gasteiger charge is -2.19. The largest absolute Gasteiger partial charge is 0.355 e. The van der Waals surface area contributed by atoms with E-state index in [4.69, 9.17) is 11.6 Å². The summed E-state index contributed by atoms with van der Waals surface area (Å²) in [6, 6.07) is 15.8. The quantitative estimate of drug-likeness (QED) is 0.619. The fourth-order valence-electron chi connectivity index (χ4n) is 3.10. The van der Waals surface area contributed by atoms with Gasteiger partial charge in [-0.25, -0.2) is 0 Å². The molecule has 0 radical (unpaired) electrons. The molecule has 3 nitrogen and oxygen atoms in total. The molecule has 4 heteroatoms. The highest BCUT2D eigenvalue weighted by molar-refractivity contribution is 6.30. The number of hydrogen-bond donors (Lipinski definition) is 1. The predicted octanol–water partition coefficient (Wildman–Crippen LogP) is 5.95. The third-order valence-electron chi connectivity index (χ3n) is 4.77. The third-order valence-corrected chi connectivity index (χ3v) is 5.00. The Morgan fingerprint density at radius 3 is 2.54 bits per heavy atom. The van der Waals surface area contributed by atoms with Crippen molar-refractivity contribution in [2.75, 3.05) is 18.9 Å². The average molecular weight is 367 g/mol. The van der Waals surface area contributed by atoms with Crippen LogP contribution < -0.4 is 5.32 Å². The maximum absolute atomic E-state index is 12.8. The second kappa shape index (κ2) is 7.38. The van der Waals surface area contributed by atoms with E-state index in [2.05, 4.69) is 5.32 Å². The van der Waals surface area contributed by atoms with E-state index in [1.807, 2.05) is 76.3 Å². The van der Waals surface area contributed by atoms with Crippen molar-refractivity contribution in [1.82, 2.24) is 4.90 Å². The zero-order valence-corrected chi connectivity index (χ0v) is 16.3. The Morgan fingerprint density at radius 2 is 1.81 bits per heavy atom. The number of carbonyl (C=O) groups is 1. The van der Waals surface area contributed by atoms with Gasteiger partial charge in [-0.1, -0.05) is 35.9 Å². The van der Waals surface area contributed by atoms with Crippen LogP contribution in [0.5, 0.6) is 0 Å².